The summed E-state index contributed by atoms with van der Waals surface area (Å²) in [6.07, 6.45) is 2.74. The molecule has 0 saturated heterocycles. The molecule has 0 heterocycles. The summed E-state index contributed by atoms with van der Waals surface area (Å²) in [5, 5.41) is 13.6. The van der Waals surface area contributed by atoms with Crippen molar-refractivity contribution in [1.82, 2.24) is 5.32 Å². The predicted molar refractivity (Wildman–Crippen MR) is 72.0 cm³/mol. The van der Waals surface area contributed by atoms with Crippen LogP contribution in [-0.4, -0.2) is 23.2 Å². The Hall–Kier alpha value is -0.770. The molecule has 18 heavy (non-hydrogen) atoms. The molecule has 1 aromatic rings. The minimum absolute atomic E-state index is 0.139. The first-order valence-electron chi connectivity index (χ1n) is 5.92. The van der Waals surface area contributed by atoms with Gasteiger partial charge in [-0.05, 0) is 37.0 Å². The number of halogens is 2. The maximum atomic E-state index is 11.7. The second-order valence-electron chi connectivity index (χ2n) is 4.77. The Bertz CT molecular complexity index is 458. The Morgan fingerprint density at radius 2 is 2.11 bits per heavy atom. The minimum atomic E-state index is -0.695. The first-order chi connectivity index (χ1) is 8.48. The van der Waals surface area contributed by atoms with Crippen molar-refractivity contribution in [3.05, 3.63) is 33.8 Å². The van der Waals surface area contributed by atoms with Crippen LogP contribution >= 0.6 is 23.2 Å². The quantitative estimate of drug-likeness (QED) is 0.894. The molecule has 0 spiro atoms. The van der Waals surface area contributed by atoms with Crippen molar-refractivity contribution in [2.75, 3.05) is 6.54 Å². The van der Waals surface area contributed by atoms with Crippen LogP contribution in [0.3, 0.4) is 0 Å². The van der Waals surface area contributed by atoms with Gasteiger partial charge < -0.3 is 10.4 Å². The number of benzene rings is 1. The van der Waals surface area contributed by atoms with E-state index in [1.54, 1.807) is 18.2 Å². The fourth-order valence-corrected chi connectivity index (χ4v) is 2.40. The molecule has 98 valence electrons. The Morgan fingerprint density at radius 1 is 1.39 bits per heavy atom. The van der Waals surface area contributed by atoms with Crippen molar-refractivity contribution >= 4 is 29.1 Å². The summed E-state index contributed by atoms with van der Waals surface area (Å²) >= 11 is 11.8. The normalized spacial score (nSPS) is 17.1. The van der Waals surface area contributed by atoms with Crippen molar-refractivity contribution in [3.63, 3.8) is 0 Å². The van der Waals surface area contributed by atoms with Gasteiger partial charge in [-0.15, -0.1) is 0 Å². The van der Waals surface area contributed by atoms with Crippen LogP contribution in [-0.2, 0) is 11.2 Å². The summed E-state index contributed by atoms with van der Waals surface area (Å²) in [7, 11) is 0. The lowest BCUT2D eigenvalue weighted by Crippen LogP contribution is -2.48. The van der Waals surface area contributed by atoms with E-state index in [0.29, 0.717) is 16.6 Å². The van der Waals surface area contributed by atoms with Gasteiger partial charge in [-0.1, -0.05) is 29.3 Å². The second kappa shape index (κ2) is 5.47. The zero-order valence-electron chi connectivity index (χ0n) is 9.88. The van der Waals surface area contributed by atoms with Crippen LogP contribution in [0.25, 0.3) is 0 Å². The fraction of sp³-hybridized carbons (Fsp3) is 0.462. The van der Waals surface area contributed by atoms with E-state index in [2.05, 4.69) is 5.32 Å². The summed E-state index contributed by atoms with van der Waals surface area (Å²) in [4.78, 5) is 11.7. The number of carbonyl (C=O) groups excluding carboxylic acids is 1. The van der Waals surface area contributed by atoms with Crippen molar-refractivity contribution < 1.29 is 9.90 Å². The fourth-order valence-electron chi connectivity index (χ4n) is 1.93. The highest BCUT2D eigenvalue weighted by Gasteiger charge is 2.34. The Balaban J connectivity index is 1.87. The monoisotopic (exact) mass is 287 g/mol. The highest BCUT2D eigenvalue weighted by atomic mass is 35.5. The molecule has 1 saturated carbocycles. The van der Waals surface area contributed by atoms with Gasteiger partial charge in [-0.25, -0.2) is 0 Å². The van der Waals surface area contributed by atoms with E-state index in [4.69, 9.17) is 23.2 Å². The first-order valence-corrected chi connectivity index (χ1v) is 6.67. The van der Waals surface area contributed by atoms with E-state index in [-0.39, 0.29) is 12.3 Å². The zero-order valence-corrected chi connectivity index (χ0v) is 11.4. The molecule has 0 bridgehead atoms. The number of hydrogen-bond donors (Lipinski definition) is 2. The molecule has 0 aromatic heterocycles. The Morgan fingerprint density at radius 3 is 2.67 bits per heavy atom. The van der Waals surface area contributed by atoms with Gasteiger partial charge in [0.25, 0.3) is 0 Å². The number of rotatable bonds is 4. The van der Waals surface area contributed by atoms with E-state index in [0.717, 1.165) is 24.8 Å². The second-order valence-corrected chi connectivity index (χ2v) is 5.61. The molecule has 2 rings (SSSR count). The number of carbonyl (C=O) groups is 1. The van der Waals surface area contributed by atoms with Crippen LogP contribution in [0.4, 0.5) is 0 Å². The SMILES string of the molecule is O=C(Cc1ccc(Cl)cc1Cl)NCC1(O)CCC1. The molecule has 0 atom stereocenters. The van der Waals surface area contributed by atoms with Crippen LogP contribution in [0, 0.1) is 0 Å². The molecule has 1 aromatic carbocycles. The molecule has 5 heteroatoms. The average Bonchev–Trinajstić information content (AvgIpc) is 2.28. The number of nitrogens with one attached hydrogen (secondary N) is 1. The number of aliphatic hydroxyl groups is 1. The molecule has 3 nitrogen and oxygen atoms in total. The largest absolute Gasteiger partial charge is 0.388 e. The van der Waals surface area contributed by atoms with Gasteiger partial charge in [-0.3, -0.25) is 4.79 Å². The van der Waals surface area contributed by atoms with Crippen LogP contribution in [0.15, 0.2) is 18.2 Å². The van der Waals surface area contributed by atoms with E-state index in [1.165, 1.54) is 0 Å². The van der Waals surface area contributed by atoms with E-state index < -0.39 is 5.60 Å². The van der Waals surface area contributed by atoms with Crippen molar-refractivity contribution in [3.8, 4) is 0 Å². The molecular weight excluding hydrogens is 273 g/mol. The van der Waals surface area contributed by atoms with Gasteiger partial charge in [-0.2, -0.15) is 0 Å². The maximum Gasteiger partial charge on any atom is 0.224 e. The van der Waals surface area contributed by atoms with Crippen LogP contribution in [0.1, 0.15) is 24.8 Å². The summed E-state index contributed by atoms with van der Waals surface area (Å²) in [5.41, 5.74) is 0.0403. The van der Waals surface area contributed by atoms with Gasteiger partial charge in [0.1, 0.15) is 0 Å². The average molecular weight is 288 g/mol. The Labute approximate surface area is 116 Å². The van der Waals surface area contributed by atoms with Gasteiger partial charge in [0.2, 0.25) is 5.91 Å². The van der Waals surface area contributed by atoms with Crippen LogP contribution in [0.2, 0.25) is 10.0 Å². The van der Waals surface area contributed by atoms with E-state index in [9.17, 15) is 9.90 Å². The summed E-state index contributed by atoms with van der Waals surface area (Å²) in [6, 6.07) is 5.06. The van der Waals surface area contributed by atoms with Gasteiger partial charge in [0.15, 0.2) is 0 Å². The lowest BCUT2D eigenvalue weighted by Gasteiger charge is -2.36. The standard InChI is InChI=1S/C13H15Cl2NO2/c14-10-3-2-9(11(15)7-10)6-12(17)16-8-13(18)4-1-5-13/h2-3,7,18H,1,4-6,8H2,(H,16,17). The van der Waals surface area contributed by atoms with E-state index >= 15 is 0 Å². The smallest absolute Gasteiger partial charge is 0.224 e. The third kappa shape index (κ3) is 3.37. The zero-order chi connectivity index (χ0) is 13.2. The van der Waals surface area contributed by atoms with Crippen molar-refractivity contribution in [2.45, 2.75) is 31.3 Å². The topological polar surface area (TPSA) is 49.3 Å². The predicted octanol–water partition coefficient (Wildman–Crippen LogP) is 2.57. The molecule has 2 N–H and O–H groups in total. The minimum Gasteiger partial charge on any atom is -0.388 e. The molecular formula is C13H15Cl2NO2. The third-order valence-electron chi connectivity index (χ3n) is 3.27. The van der Waals surface area contributed by atoms with Gasteiger partial charge in [0, 0.05) is 16.6 Å². The summed E-state index contributed by atoms with van der Waals surface area (Å²) in [5.74, 6) is -0.139. The number of amides is 1. The molecule has 1 aliphatic carbocycles. The van der Waals surface area contributed by atoms with Crippen LogP contribution in [0.5, 0.6) is 0 Å². The van der Waals surface area contributed by atoms with Crippen LogP contribution < -0.4 is 5.32 Å². The molecule has 0 radical (unpaired) electrons. The molecule has 1 aliphatic rings. The van der Waals surface area contributed by atoms with Crippen molar-refractivity contribution in [1.29, 1.82) is 0 Å². The highest BCUT2D eigenvalue weighted by Crippen LogP contribution is 2.30. The highest BCUT2D eigenvalue weighted by molar-refractivity contribution is 6.35. The summed E-state index contributed by atoms with van der Waals surface area (Å²) < 4.78 is 0. The maximum absolute atomic E-state index is 11.7. The van der Waals surface area contributed by atoms with Crippen molar-refractivity contribution in [2.24, 2.45) is 0 Å². The van der Waals surface area contributed by atoms with Gasteiger partial charge >= 0.3 is 0 Å². The first kappa shape index (κ1) is 13.7. The molecule has 0 aliphatic heterocycles. The molecule has 1 fully saturated rings. The number of hydrogen-bond acceptors (Lipinski definition) is 2. The Kier molecular flexibility index (Phi) is 4.15. The lowest BCUT2D eigenvalue weighted by atomic mass is 9.80. The lowest BCUT2D eigenvalue weighted by molar-refractivity contribution is -0.122. The molecule has 0 unspecified atom stereocenters. The molecule has 1 amide bonds. The van der Waals surface area contributed by atoms with Gasteiger partial charge in [0.05, 0.1) is 12.0 Å². The third-order valence-corrected chi connectivity index (χ3v) is 3.85. The van der Waals surface area contributed by atoms with E-state index in [1.807, 2.05) is 0 Å². The summed E-state index contributed by atoms with van der Waals surface area (Å²) in [6.45, 7) is 0.317.